The van der Waals surface area contributed by atoms with Gasteiger partial charge in [0.1, 0.15) is 38.4 Å². The second-order valence-electron chi connectivity index (χ2n) is 5.59. The lowest BCUT2D eigenvalue weighted by Crippen LogP contribution is -2.14. The molecule has 0 fully saturated rings. The van der Waals surface area contributed by atoms with E-state index < -0.39 is 5.97 Å². The van der Waals surface area contributed by atoms with Gasteiger partial charge in [-0.05, 0) is 48.5 Å². The van der Waals surface area contributed by atoms with Crippen LogP contribution in [-0.4, -0.2) is 64.1 Å². The molecule has 0 radical (unpaired) electrons. The summed E-state index contributed by atoms with van der Waals surface area (Å²) in [5.41, 5.74) is 1.68. The van der Waals surface area contributed by atoms with E-state index in [0.29, 0.717) is 6.73 Å². The highest BCUT2D eigenvalue weighted by Crippen LogP contribution is 2.13. The fourth-order valence-electron chi connectivity index (χ4n) is 1.84. The monoisotopic (exact) mass is 424 g/mol. The van der Waals surface area contributed by atoms with Gasteiger partial charge in [0.05, 0.1) is 7.11 Å². The Morgan fingerprint density at radius 3 is 1.73 bits per heavy atom. The molecular formula is C20H28N2O8. The Bertz CT molecular complexity index is 695. The molecule has 10 heteroatoms. The van der Waals surface area contributed by atoms with Gasteiger partial charge >= 0.3 is 5.97 Å². The van der Waals surface area contributed by atoms with Crippen LogP contribution in [0, 0.1) is 0 Å². The van der Waals surface area contributed by atoms with E-state index in [1.165, 1.54) is 7.11 Å². The molecule has 0 bridgehead atoms. The Hall–Kier alpha value is -3.05. The van der Waals surface area contributed by atoms with Crippen molar-refractivity contribution in [3.05, 3.63) is 48.5 Å². The van der Waals surface area contributed by atoms with Crippen molar-refractivity contribution in [3.63, 3.8) is 0 Å². The summed E-state index contributed by atoms with van der Waals surface area (Å²) >= 11 is 0. The topological polar surface area (TPSA) is 128 Å². The van der Waals surface area contributed by atoms with Crippen LogP contribution in [0.2, 0.25) is 0 Å². The lowest BCUT2D eigenvalue weighted by atomic mass is 10.3. The first-order valence-electron chi connectivity index (χ1n) is 8.90. The molecule has 0 heterocycles. The van der Waals surface area contributed by atoms with Gasteiger partial charge in [0.25, 0.3) is 0 Å². The van der Waals surface area contributed by atoms with Gasteiger partial charge in [-0.15, -0.1) is 0 Å². The minimum atomic E-state index is -0.414. The zero-order chi connectivity index (χ0) is 22.0. The predicted octanol–water partition coefficient (Wildman–Crippen LogP) is 2.31. The number of nitrogens with one attached hydrogen (secondary N) is 2. The third kappa shape index (κ3) is 12.4. The highest BCUT2D eigenvalue weighted by molar-refractivity contribution is 5.70. The molecular weight excluding hydrogens is 396 g/mol. The number of methoxy groups -OCH3 is 2. The third-order valence-corrected chi connectivity index (χ3v) is 3.31. The van der Waals surface area contributed by atoms with E-state index in [0.717, 1.165) is 11.4 Å². The number of rotatable bonds is 12. The van der Waals surface area contributed by atoms with Crippen LogP contribution in [0.1, 0.15) is 0 Å². The van der Waals surface area contributed by atoms with Crippen LogP contribution in [0.5, 0.6) is 11.5 Å². The highest BCUT2D eigenvalue weighted by Gasteiger charge is 1.98. The number of esters is 1. The number of anilines is 2. The van der Waals surface area contributed by atoms with Gasteiger partial charge in [-0.1, -0.05) is 0 Å². The molecule has 10 nitrogen and oxygen atoms in total. The minimum Gasteiger partial charge on any atom is -0.508 e. The van der Waals surface area contributed by atoms with Gasteiger partial charge in [-0.3, -0.25) is 0 Å². The first kappa shape index (κ1) is 25.0. The largest absolute Gasteiger partial charge is 0.508 e. The van der Waals surface area contributed by atoms with Crippen LogP contribution in [-0.2, 0) is 28.5 Å². The van der Waals surface area contributed by atoms with E-state index >= 15 is 0 Å². The van der Waals surface area contributed by atoms with E-state index in [1.54, 1.807) is 55.6 Å². The fourth-order valence-corrected chi connectivity index (χ4v) is 1.84. The van der Waals surface area contributed by atoms with Gasteiger partial charge in [0.2, 0.25) is 0 Å². The molecule has 30 heavy (non-hydrogen) atoms. The average Bonchev–Trinajstić information content (AvgIpc) is 2.76. The summed E-state index contributed by atoms with van der Waals surface area (Å²) in [7, 11) is 2.85. The SMILES string of the molecule is COC(=O)COCNc1ccc(O)cc1.COCOCOCNc1ccc(O)cc1. The Morgan fingerprint density at radius 2 is 1.27 bits per heavy atom. The molecule has 0 saturated heterocycles. The van der Waals surface area contributed by atoms with E-state index in [-0.39, 0.29) is 38.4 Å². The van der Waals surface area contributed by atoms with Crippen molar-refractivity contribution in [2.24, 2.45) is 0 Å². The number of phenols is 2. The van der Waals surface area contributed by atoms with Gasteiger partial charge in [-0.2, -0.15) is 0 Å². The maximum atomic E-state index is 10.7. The molecule has 0 aromatic heterocycles. The molecule has 2 rings (SSSR count). The second kappa shape index (κ2) is 15.8. The van der Waals surface area contributed by atoms with Gasteiger partial charge in [-0.25, -0.2) is 4.79 Å². The number of hydrogen-bond acceptors (Lipinski definition) is 10. The Balaban J connectivity index is 0.000000300. The molecule has 0 amide bonds. The summed E-state index contributed by atoms with van der Waals surface area (Å²) in [5, 5.41) is 24.0. The predicted molar refractivity (Wildman–Crippen MR) is 110 cm³/mol. The maximum Gasteiger partial charge on any atom is 0.331 e. The Kier molecular flexibility index (Phi) is 13.2. The first-order valence-corrected chi connectivity index (χ1v) is 8.90. The second-order valence-corrected chi connectivity index (χ2v) is 5.59. The summed E-state index contributed by atoms with van der Waals surface area (Å²) < 4.78 is 24.0. The molecule has 0 aliphatic rings. The number of carbonyl (C=O) groups excluding carboxylic acids is 1. The number of ether oxygens (including phenoxy) is 5. The molecule has 2 aromatic carbocycles. The Morgan fingerprint density at radius 1 is 0.767 bits per heavy atom. The van der Waals surface area contributed by atoms with Crippen LogP contribution in [0.25, 0.3) is 0 Å². The van der Waals surface area contributed by atoms with Crippen molar-refractivity contribution in [1.29, 1.82) is 0 Å². The van der Waals surface area contributed by atoms with E-state index in [4.69, 9.17) is 24.4 Å². The third-order valence-electron chi connectivity index (χ3n) is 3.31. The average molecular weight is 424 g/mol. The fraction of sp³-hybridized carbons (Fsp3) is 0.350. The van der Waals surface area contributed by atoms with Crippen LogP contribution >= 0.6 is 0 Å². The van der Waals surface area contributed by atoms with Crippen LogP contribution < -0.4 is 10.6 Å². The quantitative estimate of drug-likeness (QED) is 0.174. The minimum absolute atomic E-state index is 0.0818. The first-order chi connectivity index (χ1) is 14.5. The van der Waals surface area contributed by atoms with E-state index in [9.17, 15) is 4.79 Å². The molecule has 0 unspecified atom stereocenters. The normalized spacial score (nSPS) is 9.93. The van der Waals surface area contributed by atoms with Crippen molar-refractivity contribution < 1.29 is 38.7 Å². The standard InChI is InChI=1S/C10H15NO4.C10H13NO4/c1-13-7-15-8-14-6-11-9-2-4-10(12)5-3-9;1-14-10(13)6-15-7-11-8-2-4-9(12)5-3-8/h2-5,11-12H,6-8H2,1H3;2-5,11-12H,6-7H2,1H3. The molecule has 0 spiro atoms. The molecule has 2 aromatic rings. The zero-order valence-electron chi connectivity index (χ0n) is 17.0. The van der Waals surface area contributed by atoms with Gasteiger partial charge in [0.15, 0.2) is 6.79 Å². The van der Waals surface area contributed by atoms with Crippen molar-refractivity contribution in [2.45, 2.75) is 0 Å². The number of aromatic hydroxyl groups is 2. The molecule has 4 N–H and O–H groups in total. The molecule has 0 atom stereocenters. The van der Waals surface area contributed by atoms with Crippen molar-refractivity contribution in [2.75, 3.05) is 58.5 Å². The van der Waals surface area contributed by atoms with Crippen LogP contribution in [0.3, 0.4) is 0 Å². The summed E-state index contributed by atoms with van der Waals surface area (Å²) in [6, 6.07) is 13.2. The Labute approximate surface area is 175 Å². The number of hydrogen-bond donors (Lipinski definition) is 4. The van der Waals surface area contributed by atoms with Crippen molar-refractivity contribution in [3.8, 4) is 11.5 Å². The van der Waals surface area contributed by atoms with Crippen LogP contribution in [0.15, 0.2) is 48.5 Å². The number of carbonyl (C=O) groups is 1. The number of benzene rings is 2. The molecule has 0 saturated carbocycles. The smallest absolute Gasteiger partial charge is 0.331 e. The van der Waals surface area contributed by atoms with E-state index in [1.807, 2.05) is 0 Å². The summed E-state index contributed by atoms with van der Waals surface area (Å²) in [5.74, 6) is 0.0310. The van der Waals surface area contributed by atoms with Gasteiger partial charge in [0, 0.05) is 18.5 Å². The maximum absolute atomic E-state index is 10.7. The van der Waals surface area contributed by atoms with Crippen molar-refractivity contribution >= 4 is 17.3 Å². The van der Waals surface area contributed by atoms with Crippen LogP contribution in [0.4, 0.5) is 11.4 Å². The molecule has 0 aliphatic heterocycles. The summed E-state index contributed by atoms with van der Waals surface area (Å²) in [4.78, 5) is 10.7. The summed E-state index contributed by atoms with van der Waals surface area (Å²) in [6.07, 6.45) is 0. The molecule has 0 aliphatic carbocycles. The van der Waals surface area contributed by atoms with Crippen molar-refractivity contribution in [1.82, 2.24) is 0 Å². The lowest BCUT2D eigenvalue weighted by Gasteiger charge is -2.07. The highest BCUT2D eigenvalue weighted by atomic mass is 16.7. The van der Waals surface area contributed by atoms with E-state index in [2.05, 4.69) is 20.1 Å². The number of phenolic OH excluding ortho intramolecular Hbond substituents is 2. The zero-order valence-corrected chi connectivity index (χ0v) is 17.0. The lowest BCUT2D eigenvalue weighted by molar-refractivity contribution is -0.145. The molecule has 166 valence electrons. The summed E-state index contributed by atoms with van der Waals surface area (Å²) in [6.45, 7) is 0.869. The van der Waals surface area contributed by atoms with Gasteiger partial charge < -0.3 is 44.5 Å².